The van der Waals surface area contributed by atoms with Gasteiger partial charge in [0.1, 0.15) is 11.4 Å². The Morgan fingerprint density at radius 1 is 1.21 bits per heavy atom. The molecule has 0 bridgehead atoms. The zero-order valence-corrected chi connectivity index (χ0v) is 13.5. The van der Waals surface area contributed by atoms with E-state index in [-0.39, 0.29) is 11.8 Å². The fourth-order valence-corrected chi connectivity index (χ4v) is 2.62. The van der Waals surface area contributed by atoms with Crippen LogP contribution in [0.3, 0.4) is 0 Å². The van der Waals surface area contributed by atoms with E-state index in [0.717, 1.165) is 5.56 Å². The normalized spacial score (nSPS) is 15.3. The van der Waals surface area contributed by atoms with Crippen LogP contribution >= 0.6 is 11.6 Å². The molecule has 0 radical (unpaired) electrons. The second-order valence-corrected chi connectivity index (χ2v) is 5.76. The highest BCUT2D eigenvalue weighted by Crippen LogP contribution is 2.30. The highest BCUT2D eigenvalue weighted by Gasteiger charge is 2.28. The van der Waals surface area contributed by atoms with E-state index in [1.165, 1.54) is 0 Å². The van der Waals surface area contributed by atoms with E-state index in [1.807, 2.05) is 0 Å². The van der Waals surface area contributed by atoms with Crippen molar-refractivity contribution in [1.82, 2.24) is 15.6 Å². The third-order valence-electron chi connectivity index (χ3n) is 3.60. The minimum atomic E-state index is -0.565. The van der Waals surface area contributed by atoms with Gasteiger partial charge in [0.25, 0.3) is 11.8 Å². The molecule has 1 atom stereocenters. The lowest BCUT2D eigenvalue weighted by atomic mass is 10.1. The Balaban J connectivity index is 1.42. The first-order valence-electron chi connectivity index (χ1n) is 7.55. The van der Waals surface area contributed by atoms with Gasteiger partial charge in [0, 0.05) is 30.7 Å². The number of pyridine rings is 1. The largest absolute Gasteiger partial charge is 0.480 e. The Labute approximate surface area is 144 Å². The maximum Gasteiger partial charge on any atom is 0.269 e. The first-order chi connectivity index (χ1) is 11.6. The number of nitrogens with zero attached hydrogens (tertiary/aromatic N) is 1. The van der Waals surface area contributed by atoms with Crippen molar-refractivity contribution in [3.63, 3.8) is 0 Å². The minimum Gasteiger partial charge on any atom is -0.480 e. The topological polar surface area (TPSA) is 80.3 Å². The molecule has 0 fully saturated rings. The minimum absolute atomic E-state index is 0.214. The van der Waals surface area contributed by atoms with E-state index >= 15 is 0 Å². The van der Waals surface area contributed by atoms with Crippen LogP contribution in [0.1, 0.15) is 16.1 Å². The van der Waals surface area contributed by atoms with E-state index in [0.29, 0.717) is 36.0 Å². The molecule has 2 heterocycles. The number of fused-ring (bicyclic) bond motifs is 1. The fourth-order valence-electron chi connectivity index (χ4n) is 2.43. The first kappa shape index (κ1) is 16.3. The third kappa shape index (κ3) is 3.83. The smallest absolute Gasteiger partial charge is 0.269 e. The molecule has 24 heavy (non-hydrogen) atoms. The van der Waals surface area contributed by atoms with Crippen LogP contribution in [-0.4, -0.2) is 36.0 Å². The zero-order valence-electron chi connectivity index (χ0n) is 12.8. The Kier molecular flexibility index (Phi) is 4.96. The lowest BCUT2D eigenvalue weighted by Gasteiger charge is -2.11. The fraction of sp³-hybridized carbons (Fsp3) is 0.235. The molecule has 1 aliphatic rings. The standard InChI is InChI=1S/C17H16ClN3O3/c18-12-4-5-14-11(9-12)10-15(24-14)17(23)21-8-7-20-16(22)13-3-1-2-6-19-13/h1-6,9,15H,7-8,10H2,(H,20,22)(H,21,23). The number of nitrogens with one attached hydrogen (secondary N) is 2. The SMILES string of the molecule is O=C(NCCNC(=O)C1Cc2cc(Cl)ccc2O1)c1ccccn1. The molecule has 2 amide bonds. The number of hydrogen-bond acceptors (Lipinski definition) is 4. The van der Waals surface area contributed by atoms with Gasteiger partial charge >= 0.3 is 0 Å². The van der Waals surface area contributed by atoms with Crippen LogP contribution in [0.25, 0.3) is 0 Å². The molecule has 1 aromatic heterocycles. The van der Waals surface area contributed by atoms with Crippen LogP contribution < -0.4 is 15.4 Å². The molecule has 0 aliphatic carbocycles. The Morgan fingerprint density at radius 2 is 2.04 bits per heavy atom. The van der Waals surface area contributed by atoms with Gasteiger partial charge in [0.15, 0.2) is 6.10 Å². The van der Waals surface area contributed by atoms with Crippen molar-refractivity contribution in [1.29, 1.82) is 0 Å². The number of ether oxygens (including phenoxy) is 1. The van der Waals surface area contributed by atoms with Gasteiger partial charge in [0.2, 0.25) is 0 Å². The molecule has 0 saturated heterocycles. The third-order valence-corrected chi connectivity index (χ3v) is 3.83. The summed E-state index contributed by atoms with van der Waals surface area (Å²) >= 11 is 5.93. The van der Waals surface area contributed by atoms with Crippen molar-refractivity contribution >= 4 is 23.4 Å². The predicted molar refractivity (Wildman–Crippen MR) is 89.2 cm³/mol. The van der Waals surface area contributed by atoms with Crippen molar-refractivity contribution in [2.24, 2.45) is 0 Å². The summed E-state index contributed by atoms with van der Waals surface area (Å²) in [5.74, 6) is 0.196. The molecule has 1 aromatic carbocycles. The summed E-state index contributed by atoms with van der Waals surface area (Å²) in [7, 11) is 0. The van der Waals surface area contributed by atoms with E-state index in [1.54, 1.807) is 42.6 Å². The average molecular weight is 346 g/mol. The second-order valence-electron chi connectivity index (χ2n) is 5.32. The Hall–Kier alpha value is -2.60. The number of aromatic nitrogens is 1. The van der Waals surface area contributed by atoms with Crippen molar-refractivity contribution in [3.05, 3.63) is 58.9 Å². The summed E-state index contributed by atoms with van der Waals surface area (Å²) in [4.78, 5) is 27.9. The summed E-state index contributed by atoms with van der Waals surface area (Å²) in [6.45, 7) is 0.626. The monoisotopic (exact) mass is 345 g/mol. The van der Waals surface area contributed by atoms with Crippen LogP contribution in [0.15, 0.2) is 42.6 Å². The van der Waals surface area contributed by atoms with Gasteiger partial charge in [0.05, 0.1) is 0 Å². The number of carbonyl (C=O) groups excluding carboxylic acids is 2. The number of carbonyl (C=O) groups is 2. The molecular weight excluding hydrogens is 330 g/mol. The van der Waals surface area contributed by atoms with Gasteiger partial charge in [-0.05, 0) is 35.9 Å². The van der Waals surface area contributed by atoms with E-state index in [2.05, 4.69) is 15.6 Å². The van der Waals surface area contributed by atoms with Gasteiger partial charge in [-0.15, -0.1) is 0 Å². The number of hydrogen-bond donors (Lipinski definition) is 2. The maximum absolute atomic E-state index is 12.1. The number of amides is 2. The number of halogens is 1. The summed E-state index contributed by atoms with van der Waals surface area (Å²) in [6, 6.07) is 10.4. The number of rotatable bonds is 5. The summed E-state index contributed by atoms with van der Waals surface area (Å²) in [5, 5.41) is 6.06. The molecule has 1 aliphatic heterocycles. The van der Waals surface area contributed by atoms with Gasteiger partial charge < -0.3 is 15.4 Å². The van der Waals surface area contributed by atoms with Crippen molar-refractivity contribution < 1.29 is 14.3 Å². The predicted octanol–water partition coefficient (Wildman–Crippen LogP) is 1.58. The molecule has 2 N–H and O–H groups in total. The summed E-state index contributed by atoms with van der Waals surface area (Å²) in [5.41, 5.74) is 1.27. The average Bonchev–Trinajstić information content (AvgIpc) is 3.02. The molecule has 6 nitrogen and oxygen atoms in total. The molecule has 2 aromatic rings. The van der Waals surface area contributed by atoms with Crippen molar-refractivity contribution in [3.8, 4) is 5.75 Å². The number of benzene rings is 1. The summed E-state index contributed by atoms with van der Waals surface area (Å²) in [6.07, 6.45) is 1.48. The van der Waals surface area contributed by atoms with E-state index in [9.17, 15) is 9.59 Å². The lowest BCUT2D eigenvalue weighted by molar-refractivity contribution is -0.127. The highest BCUT2D eigenvalue weighted by molar-refractivity contribution is 6.30. The molecule has 0 spiro atoms. The Morgan fingerprint density at radius 3 is 2.83 bits per heavy atom. The van der Waals surface area contributed by atoms with Crippen LogP contribution in [0, 0.1) is 0 Å². The maximum atomic E-state index is 12.1. The molecule has 1 unspecified atom stereocenters. The highest BCUT2D eigenvalue weighted by atomic mass is 35.5. The van der Waals surface area contributed by atoms with Gasteiger partial charge in [-0.2, -0.15) is 0 Å². The zero-order chi connectivity index (χ0) is 16.9. The van der Waals surface area contributed by atoms with Gasteiger partial charge in [-0.3, -0.25) is 14.6 Å². The van der Waals surface area contributed by atoms with Crippen molar-refractivity contribution in [2.45, 2.75) is 12.5 Å². The molecule has 0 saturated carbocycles. The van der Waals surface area contributed by atoms with E-state index in [4.69, 9.17) is 16.3 Å². The first-order valence-corrected chi connectivity index (χ1v) is 7.93. The molecule has 124 valence electrons. The lowest BCUT2D eigenvalue weighted by Crippen LogP contribution is -2.41. The molecule has 7 heteroatoms. The van der Waals surface area contributed by atoms with Crippen LogP contribution in [0.4, 0.5) is 0 Å². The van der Waals surface area contributed by atoms with Crippen molar-refractivity contribution in [2.75, 3.05) is 13.1 Å². The van der Waals surface area contributed by atoms with Crippen LogP contribution in [-0.2, 0) is 11.2 Å². The second kappa shape index (κ2) is 7.31. The molecular formula is C17H16ClN3O3. The quantitative estimate of drug-likeness (QED) is 0.806. The Bertz CT molecular complexity index is 752. The van der Waals surface area contributed by atoms with Crippen LogP contribution in [0.5, 0.6) is 5.75 Å². The van der Waals surface area contributed by atoms with E-state index < -0.39 is 6.10 Å². The van der Waals surface area contributed by atoms with Gasteiger partial charge in [-0.1, -0.05) is 17.7 Å². The van der Waals surface area contributed by atoms with Crippen LogP contribution in [0.2, 0.25) is 5.02 Å². The van der Waals surface area contributed by atoms with Gasteiger partial charge in [-0.25, -0.2) is 0 Å². The molecule has 3 rings (SSSR count). The summed E-state index contributed by atoms with van der Waals surface area (Å²) < 4.78 is 5.60.